The van der Waals surface area contributed by atoms with Crippen molar-refractivity contribution in [2.45, 2.75) is 25.8 Å². The van der Waals surface area contributed by atoms with Crippen LogP contribution in [0.1, 0.15) is 30.1 Å². The molecule has 8 heteroatoms. The minimum atomic E-state index is -3.10. The molecule has 0 bridgehead atoms. The molecular formula is C16H21NO6S. The molecule has 1 aromatic rings. The molecule has 1 aliphatic rings. The van der Waals surface area contributed by atoms with Crippen molar-refractivity contribution in [1.82, 2.24) is 4.90 Å². The Labute approximate surface area is 141 Å². The molecule has 1 N–H and O–H groups in total. The largest absolute Gasteiger partial charge is 0.508 e. The predicted molar refractivity (Wildman–Crippen MR) is 87.5 cm³/mol. The highest BCUT2D eigenvalue weighted by Gasteiger charge is 2.34. The Kier molecular flexibility index (Phi) is 5.82. The molecule has 24 heavy (non-hydrogen) atoms. The van der Waals surface area contributed by atoms with Gasteiger partial charge in [-0.15, -0.1) is 0 Å². The summed E-state index contributed by atoms with van der Waals surface area (Å²) >= 11 is 0. The minimum absolute atomic E-state index is 0.0424. The first-order chi connectivity index (χ1) is 11.3. The number of amides is 1. The number of hydrogen-bond acceptors (Lipinski definition) is 6. The first kappa shape index (κ1) is 18.3. The van der Waals surface area contributed by atoms with Crippen LogP contribution in [-0.4, -0.2) is 61.0 Å². The lowest BCUT2D eigenvalue weighted by Crippen LogP contribution is -2.43. The van der Waals surface area contributed by atoms with E-state index < -0.39 is 28.3 Å². The van der Waals surface area contributed by atoms with Gasteiger partial charge in [0.2, 0.25) is 0 Å². The summed E-state index contributed by atoms with van der Waals surface area (Å²) < 4.78 is 28.2. The second-order valence-electron chi connectivity index (χ2n) is 5.77. The van der Waals surface area contributed by atoms with Gasteiger partial charge in [0.25, 0.3) is 5.91 Å². The SMILES string of the molecule is CCCN(C(=O)COC(=O)c1cccc(O)c1)[C@@H]1CCS(=O)(=O)C1. The van der Waals surface area contributed by atoms with Crippen LogP contribution in [-0.2, 0) is 19.4 Å². The molecule has 1 aliphatic heterocycles. The predicted octanol–water partition coefficient (Wildman–Crippen LogP) is 0.975. The fourth-order valence-electron chi connectivity index (χ4n) is 2.70. The number of aromatic hydroxyl groups is 1. The van der Waals surface area contributed by atoms with Gasteiger partial charge in [-0.1, -0.05) is 13.0 Å². The quantitative estimate of drug-likeness (QED) is 0.763. The van der Waals surface area contributed by atoms with Crippen molar-refractivity contribution in [3.8, 4) is 5.75 Å². The van der Waals surface area contributed by atoms with E-state index in [1.165, 1.54) is 29.2 Å². The van der Waals surface area contributed by atoms with Gasteiger partial charge in [0.15, 0.2) is 16.4 Å². The number of ether oxygens (including phenoxy) is 1. The number of phenols is 1. The monoisotopic (exact) mass is 355 g/mol. The lowest BCUT2D eigenvalue weighted by Gasteiger charge is -2.27. The zero-order chi connectivity index (χ0) is 17.7. The van der Waals surface area contributed by atoms with Crippen LogP contribution in [0.3, 0.4) is 0 Å². The summed E-state index contributed by atoms with van der Waals surface area (Å²) in [5.41, 5.74) is 0.147. The van der Waals surface area contributed by atoms with Crippen molar-refractivity contribution in [1.29, 1.82) is 0 Å². The number of carbonyl (C=O) groups is 2. The lowest BCUT2D eigenvalue weighted by atomic mass is 10.2. The van der Waals surface area contributed by atoms with E-state index in [0.717, 1.165) is 0 Å². The van der Waals surface area contributed by atoms with Gasteiger partial charge in [0, 0.05) is 12.6 Å². The number of carbonyl (C=O) groups excluding carboxylic acids is 2. The summed E-state index contributed by atoms with van der Waals surface area (Å²) in [4.78, 5) is 25.7. The number of hydrogen-bond donors (Lipinski definition) is 1. The molecule has 0 spiro atoms. The molecule has 1 fully saturated rings. The third-order valence-electron chi connectivity index (χ3n) is 3.84. The topological polar surface area (TPSA) is 101 Å². The molecule has 0 aliphatic carbocycles. The maximum atomic E-state index is 12.3. The van der Waals surface area contributed by atoms with Gasteiger partial charge in [-0.25, -0.2) is 13.2 Å². The number of benzene rings is 1. The van der Waals surface area contributed by atoms with Crippen LogP contribution in [0.5, 0.6) is 5.75 Å². The number of nitrogens with zero attached hydrogens (tertiary/aromatic N) is 1. The number of rotatable bonds is 6. The summed E-state index contributed by atoms with van der Waals surface area (Å²) in [5.74, 6) is -1.16. The lowest BCUT2D eigenvalue weighted by molar-refractivity contribution is -0.136. The Morgan fingerprint density at radius 2 is 2.12 bits per heavy atom. The molecule has 1 aromatic carbocycles. The van der Waals surface area contributed by atoms with E-state index >= 15 is 0 Å². The molecule has 1 heterocycles. The van der Waals surface area contributed by atoms with Crippen molar-refractivity contribution in [2.24, 2.45) is 0 Å². The van der Waals surface area contributed by atoms with Gasteiger partial charge in [0.05, 0.1) is 17.1 Å². The van der Waals surface area contributed by atoms with E-state index in [-0.39, 0.29) is 28.9 Å². The summed E-state index contributed by atoms with van der Waals surface area (Å²) in [7, 11) is -3.10. The first-order valence-electron chi connectivity index (χ1n) is 7.78. The first-order valence-corrected chi connectivity index (χ1v) is 9.60. The normalized spacial score (nSPS) is 19.0. The maximum Gasteiger partial charge on any atom is 0.338 e. The van der Waals surface area contributed by atoms with Crippen molar-refractivity contribution in [3.05, 3.63) is 29.8 Å². The zero-order valence-corrected chi connectivity index (χ0v) is 14.3. The van der Waals surface area contributed by atoms with E-state index in [1.807, 2.05) is 6.92 Å². The van der Waals surface area contributed by atoms with Crippen LogP contribution >= 0.6 is 0 Å². The summed E-state index contributed by atoms with van der Waals surface area (Å²) in [6, 6.07) is 5.29. The molecule has 1 saturated heterocycles. The van der Waals surface area contributed by atoms with Crippen molar-refractivity contribution in [3.63, 3.8) is 0 Å². The fraction of sp³-hybridized carbons (Fsp3) is 0.500. The molecular weight excluding hydrogens is 334 g/mol. The summed E-state index contributed by atoms with van der Waals surface area (Å²) in [5, 5.41) is 9.35. The van der Waals surface area contributed by atoms with E-state index in [0.29, 0.717) is 19.4 Å². The third-order valence-corrected chi connectivity index (χ3v) is 5.59. The van der Waals surface area contributed by atoms with Crippen LogP contribution in [0.15, 0.2) is 24.3 Å². The van der Waals surface area contributed by atoms with Crippen molar-refractivity contribution < 1.29 is 27.9 Å². The van der Waals surface area contributed by atoms with Crippen molar-refractivity contribution in [2.75, 3.05) is 24.7 Å². The van der Waals surface area contributed by atoms with Gasteiger partial charge in [-0.3, -0.25) is 4.79 Å². The second-order valence-corrected chi connectivity index (χ2v) is 8.00. The van der Waals surface area contributed by atoms with Crippen LogP contribution in [0.4, 0.5) is 0 Å². The van der Waals surface area contributed by atoms with Crippen LogP contribution in [0.25, 0.3) is 0 Å². The van der Waals surface area contributed by atoms with Gasteiger partial charge >= 0.3 is 5.97 Å². The average molecular weight is 355 g/mol. The van der Waals surface area contributed by atoms with Crippen molar-refractivity contribution >= 4 is 21.7 Å². The van der Waals surface area contributed by atoms with Crippen LogP contribution in [0, 0.1) is 0 Å². The standard InChI is InChI=1S/C16H21NO6S/c1-2-7-17(13-6-8-24(21,22)11-13)15(19)10-23-16(20)12-4-3-5-14(18)9-12/h3-5,9,13,18H,2,6-8,10-11H2,1H3/t13-/m1/s1. The Morgan fingerprint density at radius 3 is 2.71 bits per heavy atom. The Hall–Kier alpha value is -2.09. The van der Waals surface area contributed by atoms with E-state index in [4.69, 9.17) is 4.74 Å². The van der Waals surface area contributed by atoms with Gasteiger partial charge in [0.1, 0.15) is 5.75 Å². The number of sulfone groups is 1. The third kappa shape index (κ3) is 4.70. The van der Waals surface area contributed by atoms with Crippen LogP contribution < -0.4 is 0 Å². The van der Waals surface area contributed by atoms with Gasteiger partial charge in [-0.2, -0.15) is 0 Å². The number of phenolic OH excluding ortho intramolecular Hbond substituents is 1. The zero-order valence-electron chi connectivity index (χ0n) is 13.5. The van der Waals surface area contributed by atoms with E-state index in [9.17, 15) is 23.1 Å². The highest BCUT2D eigenvalue weighted by Crippen LogP contribution is 2.18. The highest BCUT2D eigenvalue weighted by atomic mass is 32.2. The smallest absolute Gasteiger partial charge is 0.338 e. The summed E-state index contributed by atoms with van der Waals surface area (Å²) in [6.45, 7) is 1.86. The Morgan fingerprint density at radius 1 is 1.38 bits per heavy atom. The Balaban J connectivity index is 1.97. The van der Waals surface area contributed by atoms with Gasteiger partial charge in [-0.05, 0) is 31.0 Å². The molecule has 7 nitrogen and oxygen atoms in total. The van der Waals surface area contributed by atoms with E-state index in [2.05, 4.69) is 0 Å². The molecule has 2 rings (SSSR count). The fourth-order valence-corrected chi connectivity index (χ4v) is 4.43. The molecule has 132 valence electrons. The summed E-state index contributed by atoms with van der Waals surface area (Å²) in [6.07, 6.45) is 1.09. The average Bonchev–Trinajstić information content (AvgIpc) is 2.89. The van der Waals surface area contributed by atoms with E-state index in [1.54, 1.807) is 0 Å². The molecule has 0 radical (unpaired) electrons. The van der Waals surface area contributed by atoms with Crippen LogP contribution in [0.2, 0.25) is 0 Å². The molecule has 1 atom stereocenters. The number of esters is 1. The van der Waals surface area contributed by atoms with Gasteiger partial charge < -0.3 is 14.7 Å². The highest BCUT2D eigenvalue weighted by molar-refractivity contribution is 7.91. The molecule has 0 unspecified atom stereocenters. The molecule has 0 saturated carbocycles. The molecule has 0 aromatic heterocycles. The Bertz CT molecular complexity index is 715. The molecule has 1 amide bonds. The maximum absolute atomic E-state index is 12.3. The minimum Gasteiger partial charge on any atom is -0.508 e. The second kappa shape index (κ2) is 7.65.